The molecule has 2 amide bonds. The third-order valence-electron chi connectivity index (χ3n) is 3.87. The molecule has 1 aliphatic heterocycles. The number of carbonyl (C=O) groups excluding carboxylic acids is 2. The number of para-hydroxylation sites is 1. The maximum Gasteiger partial charge on any atom is 0.277 e. The molecule has 2 aromatic carbocycles. The first-order chi connectivity index (χ1) is 12.3. The molecule has 0 aromatic heterocycles. The number of methoxy groups -OCH3 is 1. The summed E-state index contributed by atoms with van der Waals surface area (Å²) in [7, 11) is 1.52. The highest BCUT2D eigenvalue weighted by molar-refractivity contribution is 6.70. The highest BCUT2D eigenvalue weighted by atomic mass is 35.5. The van der Waals surface area contributed by atoms with Gasteiger partial charge in [-0.1, -0.05) is 70.7 Å². The molecule has 3 rings (SSSR count). The summed E-state index contributed by atoms with van der Waals surface area (Å²) in [6.07, 6.45) is 0. The average molecular weight is 431 g/mol. The Morgan fingerprint density at radius 3 is 2.15 bits per heavy atom. The van der Waals surface area contributed by atoms with Crippen LogP contribution in [-0.2, 0) is 9.59 Å². The molecule has 0 radical (unpaired) electrons. The van der Waals surface area contributed by atoms with E-state index in [-0.39, 0.29) is 21.3 Å². The van der Waals surface area contributed by atoms with Gasteiger partial charge in [-0.2, -0.15) is 0 Å². The maximum absolute atomic E-state index is 12.9. The van der Waals surface area contributed by atoms with Crippen LogP contribution < -0.4 is 9.64 Å². The molecule has 0 saturated heterocycles. The van der Waals surface area contributed by atoms with Crippen LogP contribution in [0.5, 0.6) is 5.75 Å². The smallest absolute Gasteiger partial charge is 0.277 e. The second-order valence-electron chi connectivity index (χ2n) is 5.39. The van der Waals surface area contributed by atoms with E-state index in [2.05, 4.69) is 0 Å². The van der Waals surface area contributed by atoms with Gasteiger partial charge in [-0.25, -0.2) is 4.90 Å². The van der Waals surface area contributed by atoms with Crippen molar-refractivity contribution in [2.45, 2.75) is 4.33 Å². The molecule has 0 bridgehead atoms. The SMILES string of the molecule is COc1ccc(C2=C(Cl)C(=O)N(c3ccccc3Cl)C(=O)C2(Cl)Cl)cc1. The number of hydrogen-bond donors (Lipinski definition) is 0. The van der Waals surface area contributed by atoms with Gasteiger partial charge in [0.1, 0.15) is 10.8 Å². The molecule has 1 aliphatic rings. The van der Waals surface area contributed by atoms with E-state index in [1.807, 2.05) is 0 Å². The molecule has 0 N–H and O–H groups in total. The van der Waals surface area contributed by atoms with E-state index in [1.54, 1.807) is 36.4 Å². The topological polar surface area (TPSA) is 46.6 Å². The van der Waals surface area contributed by atoms with Crippen LogP contribution >= 0.6 is 46.4 Å². The zero-order valence-corrected chi connectivity index (χ0v) is 16.3. The van der Waals surface area contributed by atoms with E-state index >= 15 is 0 Å². The van der Waals surface area contributed by atoms with E-state index in [0.29, 0.717) is 11.3 Å². The van der Waals surface area contributed by atoms with Crippen LogP contribution in [0.15, 0.2) is 53.6 Å². The van der Waals surface area contributed by atoms with Gasteiger partial charge in [-0.3, -0.25) is 9.59 Å². The number of anilines is 1. The lowest BCUT2D eigenvalue weighted by atomic mass is 9.96. The number of halogens is 4. The molecule has 0 fully saturated rings. The standard InChI is InChI=1S/C18H11Cl4NO3/c1-26-11-8-6-10(7-9-11)14-15(20)16(24)23(17(25)18(14,21)22)13-5-3-2-4-12(13)19/h2-9H,1H3. The minimum atomic E-state index is -2.07. The Morgan fingerprint density at radius 1 is 0.962 bits per heavy atom. The predicted octanol–water partition coefficient (Wildman–Crippen LogP) is 5.05. The lowest BCUT2D eigenvalue weighted by Crippen LogP contribution is -2.51. The fourth-order valence-corrected chi connectivity index (χ4v) is 3.83. The molecular formula is C18H11Cl4NO3. The summed E-state index contributed by atoms with van der Waals surface area (Å²) in [5, 5.41) is -0.0737. The summed E-state index contributed by atoms with van der Waals surface area (Å²) in [6.45, 7) is 0. The summed E-state index contributed by atoms with van der Waals surface area (Å²) in [6, 6.07) is 12.9. The third-order valence-corrected chi connectivity index (χ3v) is 5.24. The van der Waals surface area contributed by atoms with Crippen molar-refractivity contribution in [2.24, 2.45) is 0 Å². The van der Waals surface area contributed by atoms with Crippen LogP contribution in [0.1, 0.15) is 5.56 Å². The monoisotopic (exact) mass is 429 g/mol. The van der Waals surface area contributed by atoms with Gasteiger partial charge < -0.3 is 4.74 Å². The number of alkyl halides is 2. The Balaban J connectivity index is 2.16. The zero-order chi connectivity index (χ0) is 19.1. The van der Waals surface area contributed by atoms with Crippen molar-refractivity contribution >= 4 is 69.5 Å². The van der Waals surface area contributed by atoms with E-state index in [0.717, 1.165) is 4.90 Å². The Morgan fingerprint density at radius 2 is 1.58 bits per heavy atom. The summed E-state index contributed by atoms with van der Waals surface area (Å²) in [4.78, 5) is 26.5. The van der Waals surface area contributed by atoms with Crippen molar-refractivity contribution in [3.63, 3.8) is 0 Å². The first-order valence-electron chi connectivity index (χ1n) is 7.35. The molecule has 1 heterocycles. The molecular weight excluding hydrogens is 420 g/mol. The number of amides is 2. The van der Waals surface area contributed by atoms with Gasteiger partial charge in [-0.15, -0.1) is 0 Å². The largest absolute Gasteiger partial charge is 0.497 e. The van der Waals surface area contributed by atoms with Gasteiger partial charge >= 0.3 is 0 Å². The fourth-order valence-electron chi connectivity index (χ4n) is 2.60. The Bertz CT molecular complexity index is 922. The molecule has 0 spiro atoms. The minimum Gasteiger partial charge on any atom is -0.497 e. The number of rotatable bonds is 3. The highest BCUT2D eigenvalue weighted by Gasteiger charge is 2.51. The van der Waals surface area contributed by atoms with Gasteiger partial charge in [-0.05, 0) is 29.8 Å². The number of hydrogen-bond acceptors (Lipinski definition) is 3. The van der Waals surface area contributed by atoms with Crippen molar-refractivity contribution in [1.29, 1.82) is 0 Å². The van der Waals surface area contributed by atoms with Crippen LogP contribution in [0.4, 0.5) is 5.69 Å². The van der Waals surface area contributed by atoms with Gasteiger partial charge in [0.2, 0.25) is 4.33 Å². The summed E-state index contributed by atoms with van der Waals surface area (Å²) in [5.74, 6) is -1.02. The molecule has 0 unspecified atom stereocenters. The zero-order valence-electron chi connectivity index (χ0n) is 13.3. The van der Waals surface area contributed by atoms with E-state index in [9.17, 15) is 9.59 Å². The van der Waals surface area contributed by atoms with Crippen molar-refractivity contribution < 1.29 is 14.3 Å². The third kappa shape index (κ3) is 3.08. The summed E-state index contributed by atoms with van der Waals surface area (Å²) < 4.78 is 3.02. The lowest BCUT2D eigenvalue weighted by Gasteiger charge is -2.34. The van der Waals surface area contributed by atoms with Gasteiger partial charge in [0.15, 0.2) is 0 Å². The van der Waals surface area contributed by atoms with Gasteiger partial charge in [0, 0.05) is 5.57 Å². The van der Waals surface area contributed by atoms with Gasteiger partial charge in [0.25, 0.3) is 11.8 Å². The molecule has 8 heteroatoms. The Hall–Kier alpha value is -1.72. The molecule has 0 atom stereocenters. The quantitative estimate of drug-likeness (QED) is 0.505. The van der Waals surface area contributed by atoms with Crippen LogP contribution in [0, 0.1) is 0 Å². The Kier molecular flexibility index (Phi) is 5.22. The fraction of sp³-hybridized carbons (Fsp3) is 0.111. The second kappa shape index (κ2) is 7.12. The van der Waals surface area contributed by atoms with Crippen molar-refractivity contribution in [3.8, 4) is 5.75 Å². The van der Waals surface area contributed by atoms with Crippen LogP contribution in [0.2, 0.25) is 5.02 Å². The summed E-state index contributed by atoms with van der Waals surface area (Å²) >= 11 is 25.1. The molecule has 2 aromatic rings. The van der Waals surface area contributed by atoms with E-state index < -0.39 is 16.1 Å². The highest BCUT2D eigenvalue weighted by Crippen LogP contribution is 2.47. The van der Waals surface area contributed by atoms with Crippen molar-refractivity contribution in [3.05, 3.63) is 64.1 Å². The molecule has 26 heavy (non-hydrogen) atoms. The number of benzene rings is 2. The minimum absolute atomic E-state index is 0.0171. The number of imide groups is 1. The predicted molar refractivity (Wildman–Crippen MR) is 104 cm³/mol. The lowest BCUT2D eigenvalue weighted by molar-refractivity contribution is -0.124. The number of carbonyl (C=O) groups is 2. The van der Waals surface area contributed by atoms with Gasteiger partial charge in [0.05, 0.1) is 17.8 Å². The first kappa shape index (κ1) is 19.1. The Labute approximate surface area is 169 Å². The maximum atomic E-state index is 12.9. The second-order valence-corrected chi connectivity index (χ2v) is 7.50. The molecule has 0 aliphatic carbocycles. The molecule has 4 nitrogen and oxygen atoms in total. The van der Waals surface area contributed by atoms with Crippen LogP contribution in [-0.4, -0.2) is 23.3 Å². The van der Waals surface area contributed by atoms with Crippen LogP contribution in [0.25, 0.3) is 5.57 Å². The van der Waals surface area contributed by atoms with E-state index in [4.69, 9.17) is 51.1 Å². The number of ether oxygens (including phenoxy) is 1. The first-order valence-corrected chi connectivity index (χ1v) is 8.86. The number of nitrogens with zero attached hydrogens (tertiary/aromatic N) is 1. The summed E-state index contributed by atoms with van der Waals surface area (Å²) in [5.41, 5.74) is 0.603. The van der Waals surface area contributed by atoms with Crippen molar-refractivity contribution in [2.75, 3.05) is 12.0 Å². The average Bonchev–Trinajstić information content (AvgIpc) is 2.62. The molecule has 134 valence electrons. The normalized spacial score (nSPS) is 16.9. The molecule has 0 saturated carbocycles. The van der Waals surface area contributed by atoms with E-state index in [1.165, 1.54) is 19.2 Å². The van der Waals surface area contributed by atoms with Crippen molar-refractivity contribution in [1.82, 2.24) is 0 Å². The van der Waals surface area contributed by atoms with Crippen LogP contribution in [0.3, 0.4) is 0 Å².